The smallest absolute Gasteiger partial charge is 0.286 e. The normalized spacial score (nSPS) is 9.84. The predicted molar refractivity (Wildman–Crippen MR) is 76.6 cm³/mol. The third kappa shape index (κ3) is 2.41. The SMILES string of the molecule is CCSc1[nH+]c(N)c(C#N)c(-c2cccs2)c1C#N. The predicted octanol–water partition coefficient (Wildman–Crippen LogP) is 2.67. The first-order chi connectivity index (χ1) is 9.22. The van der Waals surface area contributed by atoms with Crippen LogP contribution in [-0.2, 0) is 0 Å². The minimum absolute atomic E-state index is 0.306. The molecule has 2 aromatic rings. The van der Waals surface area contributed by atoms with E-state index in [2.05, 4.69) is 17.1 Å². The number of thiophene rings is 1. The van der Waals surface area contributed by atoms with E-state index in [1.807, 2.05) is 24.4 Å². The van der Waals surface area contributed by atoms with Crippen molar-refractivity contribution in [1.29, 1.82) is 10.5 Å². The molecule has 0 fully saturated rings. The van der Waals surface area contributed by atoms with Gasteiger partial charge >= 0.3 is 0 Å². The molecule has 2 aromatic heterocycles. The van der Waals surface area contributed by atoms with Crippen LogP contribution in [0, 0.1) is 22.7 Å². The lowest BCUT2D eigenvalue weighted by atomic mass is 10.0. The molecule has 0 aliphatic heterocycles. The third-order valence-corrected chi connectivity index (χ3v) is 4.30. The van der Waals surface area contributed by atoms with Crippen LogP contribution in [0.5, 0.6) is 0 Å². The summed E-state index contributed by atoms with van der Waals surface area (Å²) in [5, 5.41) is 21.3. The van der Waals surface area contributed by atoms with Crippen LogP contribution in [0.1, 0.15) is 18.1 Å². The van der Waals surface area contributed by atoms with Crippen molar-refractivity contribution >= 4 is 28.9 Å². The molecule has 4 nitrogen and oxygen atoms in total. The van der Waals surface area contributed by atoms with Crippen molar-refractivity contribution in [2.24, 2.45) is 0 Å². The molecule has 0 atom stereocenters. The molecule has 0 bridgehead atoms. The standard InChI is InChI=1S/C13H10N4S2/c1-2-18-13-9(7-15)11(10-4-3-5-19-10)8(6-14)12(16)17-13/h3-5H,2H2,1H3,(H2,16,17)/p+1. The molecule has 0 unspecified atom stereocenters. The Labute approximate surface area is 119 Å². The van der Waals surface area contributed by atoms with Crippen LogP contribution in [0.15, 0.2) is 22.5 Å². The van der Waals surface area contributed by atoms with E-state index in [-0.39, 0.29) is 0 Å². The Bertz CT molecular complexity index is 678. The van der Waals surface area contributed by atoms with Gasteiger partial charge in [0.15, 0.2) is 10.6 Å². The number of H-pyrrole nitrogens is 1. The lowest BCUT2D eigenvalue weighted by Gasteiger charge is -2.07. The molecular weight excluding hydrogens is 276 g/mol. The summed E-state index contributed by atoms with van der Waals surface area (Å²) in [4.78, 5) is 3.83. The molecule has 0 radical (unpaired) electrons. The number of nitrogens with zero attached hydrogens (tertiary/aromatic N) is 2. The second kappa shape index (κ2) is 5.75. The summed E-state index contributed by atoms with van der Waals surface area (Å²) in [6, 6.07) is 8.05. The van der Waals surface area contributed by atoms with Gasteiger partial charge in [-0.1, -0.05) is 24.8 Å². The first-order valence-electron chi connectivity index (χ1n) is 5.58. The van der Waals surface area contributed by atoms with Gasteiger partial charge in [0.2, 0.25) is 0 Å². The Morgan fingerprint density at radius 3 is 2.63 bits per heavy atom. The first kappa shape index (κ1) is 13.4. The van der Waals surface area contributed by atoms with Gasteiger partial charge < -0.3 is 0 Å². The van der Waals surface area contributed by atoms with Crippen molar-refractivity contribution < 1.29 is 4.98 Å². The lowest BCUT2D eigenvalue weighted by Crippen LogP contribution is -2.18. The van der Waals surface area contributed by atoms with Gasteiger partial charge in [-0.2, -0.15) is 10.5 Å². The van der Waals surface area contributed by atoms with Gasteiger partial charge in [0, 0.05) is 10.4 Å². The fourth-order valence-electron chi connectivity index (χ4n) is 1.76. The molecule has 19 heavy (non-hydrogen) atoms. The van der Waals surface area contributed by atoms with Crippen LogP contribution >= 0.6 is 23.1 Å². The number of aromatic amines is 1. The maximum atomic E-state index is 9.41. The average molecular weight is 287 g/mol. The van der Waals surface area contributed by atoms with Crippen LogP contribution in [0.2, 0.25) is 0 Å². The average Bonchev–Trinajstić information content (AvgIpc) is 2.92. The van der Waals surface area contributed by atoms with Crippen LogP contribution in [-0.4, -0.2) is 5.75 Å². The maximum absolute atomic E-state index is 9.41. The van der Waals surface area contributed by atoms with Gasteiger partial charge in [-0.3, -0.25) is 5.73 Å². The van der Waals surface area contributed by atoms with Gasteiger partial charge in [-0.05, 0) is 17.2 Å². The molecule has 0 aliphatic carbocycles. The highest BCUT2D eigenvalue weighted by atomic mass is 32.2. The second-order valence-electron chi connectivity index (χ2n) is 3.63. The van der Waals surface area contributed by atoms with E-state index in [1.165, 1.54) is 23.1 Å². The van der Waals surface area contributed by atoms with Gasteiger partial charge in [-0.25, -0.2) is 4.98 Å². The van der Waals surface area contributed by atoms with E-state index in [0.717, 1.165) is 10.6 Å². The summed E-state index contributed by atoms with van der Waals surface area (Å²) in [5.74, 6) is 1.13. The lowest BCUT2D eigenvalue weighted by molar-refractivity contribution is -0.410. The van der Waals surface area contributed by atoms with Crippen molar-refractivity contribution in [2.75, 3.05) is 11.5 Å². The molecule has 0 spiro atoms. The molecule has 0 saturated heterocycles. The number of thioether (sulfide) groups is 1. The Morgan fingerprint density at radius 2 is 2.11 bits per heavy atom. The zero-order chi connectivity index (χ0) is 13.8. The first-order valence-corrected chi connectivity index (χ1v) is 7.45. The van der Waals surface area contributed by atoms with Crippen molar-refractivity contribution in [2.45, 2.75) is 11.9 Å². The summed E-state index contributed by atoms with van der Waals surface area (Å²) in [7, 11) is 0. The molecule has 0 aromatic carbocycles. The quantitative estimate of drug-likeness (QED) is 0.879. The van der Waals surface area contributed by atoms with E-state index in [4.69, 9.17) is 5.73 Å². The number of nitrogen functional groups attached to an aromatic ring is 1. The number of hydrogen-bond donors (Lipinski definition) is 1. The van der Waals surface area contributed by atoms with Crippen LogP contribution in [0.4, 0.5) is 5.82 Å². The summed E-state index contributed by atoms with van der Waals surface area (Å²) in [6.07, 6.45) is 0. The highest BCUT2D eigenvalue weighted by Gasteiger charge is 2.23. The fraction of sp³-hybridized carbons (Fsp3) is 0.154. The Morgan fingerprint density at radius 1 is 1.37 bits per heavy atom. The largest absolute Gasteiger partial charge is 0.289 e. The number of hydrogen-bond acceptors (Lipinski definition) is 5. The number of anilines is 1. The molecule has 0 aliphatic rings. The molecule has 0 amide bonds. The van der Waals surface area contributed by atoms with Crippen molar-refractivity contribution in [3.63, 3.8) is 0 Å². The van der Waals surface area contributed by atoms with Crippen LogP contribution < -0.4 is 10.7 Å². The van der Waals surface area contributed by atoms with Crippen molar-refractivity contribution in [1.82, 2.24) is 0 Å². The van der Waals surface area contributed by atoms with Crippen LogP contribution in [0.25, 0.3) is 10.4 Å². The molecule has 0 saturated carbocycles. The summed E-state index contributed by atoms with van der Waals surface area (Å²) in [6.45, 7) is 2.00. The van der Waals surface area contributed by atoms with E-state index in [0.29, 0.717) is 27.5 Å². The molecular formula is C13H11N4S2+. The number of pyridine rings is 1. The highest BCUT2D eigenvalue weighted by molar-refractivity contribution is 7.99. The zero-order valence-corrected chi connectivity index (χ0v) is 11.9. The Balaban J connectivity index is 2.81. The summed E-state index contributed by atoms with van der Waals surface area (Å²) in [5.41, 5.74) is 7.35. The minimum atomic E-state index is 0.306. The maximum Gasteiger partial charge on any atom is 0.289 e. The van der Waals surface area contributed by atoms with E-state index in [1.54, 1.807) is 0 Å². The number of rotatable bonds is 3. The van der Waals surface area contributed by atoms with Crippen LogP contribution in [0.3, 0.4) is 0 Å². The summed E-state index contributed by atoms with van der Waals surface area (Å²) >= 11 is 3.00. The van der Waals surface area contributed by atoms with E-state index in [9.17, 15) is 10.5 Å². The monoisotopic (exact) mass is 287 g/mol. The zero-order valence-electron chi connectivity index (χ0n) is 10.2. The van der Waals surface area contributed by atoms with Crippen molar-refractivity contribution in [3.05, 3.63) is 28.6 Å². The minimum Gasteiger partial charge on any atom is -0.286 e. The number of aromatic nitrogens is 1. The van der Waals surface area contributed by atoms with Gasteiger partial charge in [0.05, 0.1) is 0 Å². The van der Waals surface area contributed by atoms with Crippen molar-refractivity contribution in [3.8, 4) is 22.6 Å². The van der Waals surface area contributed by atoms with Gasteiger partial charge in [0.25, 0.3) is 5.82 Å². The van der Waals surface area contributed by atoms with Gasteiger partial charge in [-0.15, -0.1) is 11.3 Å². The second-order valence-corrected chi connectivity index (χ2v) is 5.85. The van der Waals surface area contributed by atoms with E-state index >= 15 is 0 Å². The topological polar surface area (TPSA) is 87.7 Å². The number of nitrogens with two attached hydrogens (primary N) is 1. The fourth-order valence-corrected chi connectivity index (χ4v) is 3.31. The molecule has 94 valence electrons. The molecule has 6 heteroatoms. The molecule has 2 rings (SSSR count). The molecule has 2 heterocycles. The Kier molecular flexibility index (Phi) is 4.06. The number of nitrogens with one attached hydrogen (secondary N) is 1. The number of nitriles is 2. The third-order valence-electron chi connectivity index (χ3n) is 2.52. The Hall–Kier alpha value is -2.02. The highest BCUT2D eigenvalue weighted by Crippen LogP contribution is 2.35. The van der Waals surface area contributed by atoms with Gasteiger partial charge in [0.1, 0.15) is 17.7 Å². The summed E-state index contributed by atoms with van der Waals surface area (Å²) < 4.78 is 0. The van der Waals surface area contributed by atoms with E-state index < -0.39 is 0 Å². The molecule has 3 N–H and O–H groups in total.